The molecular formula is C12H18N2. The van der Waals surface area contributed by atoms with Gasteiger partial charge >= 0.3 is 0 Å². The number of aryl methyl sites for hydroxylation is 1. The number of nitrogens with zero attached hydrogens (tertiary/aromatic N) is 1. The normalized spacial score (nSPS) is 25.9. The van der Waals surface area contributed by atoms with Crippen LogP contribution in [-0.4, -0.2) is 11.0 Å². The minimum atomic E-state index is 0.720. The average Bonchev–Trinajstić information content (AvgIpc) is 2.19. The van der Waals surface area contributed by atoms with Gasteiger partial charge in [0.25, 0.3) is 0 Å². The van der Waals surface area contributed by atoms with Gasteiger partial charge in [-0.1, -0.05) is 13.0 Å². The van der Waals surface area contributed by atoms with Gasteiger partial charge in [0.05, 0.1) is 5.69 Å². The number of hydrogen-bond acceptors (Lipinski definition) is 2. The molecule has 0 aliphatic heterocycles. The Hall–Kier alpha value is -0.890. The topological polar surface area (TPSA) is 24.9 Å². The van der Waals surface area contributed by atoms with Crippen molar-refractivity contribution in [1.82, 2.24) is 10.3 Å². The van der Waals surface area contributed by atoms with Crippen molar-refractivity contribution in [2.45, 2.75) is 39.3 Å². The van der Waals surface area contributed by atoms with Crippen molar-refractivity contribution in [2.24, 2.45) is 5.92 Å². The summed E-state index contributed by atoms with van der Waals surface area (Å²) in [5.74, 6) is 0.848. The number of pyridine rings is 1. The van der Waals surface area contributed by atoms with Crippen LogP contribution in [0.25, 0.3) is 0 Å². The van der Waals surface area contributed by atoms with Gasteiger partial charge < -0.3 is 5.32 Å². The van der Waals surface area contributed by atoms with Crippen LogP contribution in [0.3, 0.4) is 0 Å². The lowest BCUT2D eigenvalue weighted by atomic mass is 9.81. The van der Waals surface area contributed by atoms with Crippen molar-refractivity contribution in [1.29, 1.82) is 0 Å². The van der Waals surface area contributed by atoms with Gasteiger partial charge in [-0.2, -0.15) is 0 Å². The van der Waals surface area contributed by atoms with Crippen molar-refractivity contribution in [3.05, 3.63) is 29.6 Å². The van der Waals surface area contributed by atoms with E-state index < -0.39 is 0 Å². The molecule has 1 aliphatic carbocycles. The molecule has 1 heterocycles. The molecule has 76 valence electrons. The molecule has 1 fully saturated rings. The molecule has 0 radical (unpaired) electrons. The molecule has 1 aliphatic rings. The van der Waals surface area contributed by atoms with E-state index in [2.05, 4.69) is 36.3 Å². The predicted molar refractivity (Wildman–Crippen MR) is 58.0 cm³/mol. The Kier molecular flexibility index (Phi) is 2.82. The molecule has 2 heteroatoms. The third-order valence-electron chi connectivity index (χ3n) is 3.14. The van der Waals surface area contributed by atoms with E-state index in [1.165, 1.54) is 18.4 Å². The smallest absolute Gasteiger partial charge is 0.0541 e. The molecule has 2 atom stereocenters. The van der Waals surface area contributed by atoms with Crippen LogP contribution in [0, 0.1) is 12.8 Å². The summed E-state index contributed by atoms with van der Waals surface area (Å²) in [7, 11) is 0. The average molecular weight is 190 g/mol. The summed E-state index contributed by atoms with van der Waals surface area (Å²) in [6.45, 7) is 5.29. The van der Waals surface area contributed by atoms with Crippen LogP contribution in [-0.2, 0) is 6.54 Å². The summed E-state index contributed by atoms with van der Waals surface area (Å²) in [4.78, 5) is 4.37. The summed E-state index contributed by atoms with van der Waals surface area (Å²) < 4.78 is 0. The fourth-order valence-electron chi connectivity index (χ4n) is 1.81. The predicted octanol–water partition coefficient (Wildman–Crippen LogP) is 2.28. The van der Waals surface area contributed by atoms with E-state index in [0.29, 0.717) is 0 Å². The zero-order chi connectivity index (χ0) is 9.97. The Bertz CT molecular complexity index is 292. The standard InChI is InChI=1S/C12H18N2/c1-9-3-5-11(13-7-9)8-14-12-6-4-10(12)2/h3,5,7,10,12,14H,4,6,8H2,1-2H3. The second kappa shape index (κ2) is 4.09. The highest BCUT2D eigenvalue weighted by Crippen LogP contribution is 2.26. The lowest BCUT2D eigenvalue weighted by Gasteiger charge is -2.34. The van der Waals surface area contributed by atoms with Gasteiger partial charge in [-0.3, -0.25) is 4.98 Å². The first kappa shape index (κ1) is 9.66. The minimum Gasteiger partial charge on any atom is -0.308 e. The molecule has 1 aromatic rings. The lowest BCUT2D eigenvalue weighted by molar-refractivity contribution is 0.227. The van der Waals surface area contributed by atoms with Crippen molar-refractivity contribution < 1.29 is 0 Å². The molecule has 2 rings (SSSR count). The summed E-state index contributed by atoms with van der Waals surface area (Å²) in [6, 6.07) is 4.94. The third-order valence-corrected chi connectivity index (χ3v) is 3.14. The van der Waals surface area contributed by atoms with Crippen molar-refractivity contribution in [3.8, 4) is 0 Å². The molecule has 1 aromatic heterocycles. The first-order valence-corrected chi connectivity index (χ1v) is 5.40. The summed E-state index contributed by atoms with van der Waals surface area (Å²) in [5.41, 5.74) is 2.38. The first-order valence-electron chi connectivity index (χ1n) is 5.40. The summed E-state index contributed by atoms with van der Waals surface area (Å²) in [5, 5.41) is 3.54. The maximum Gasteiger partial charge on any atom is 0.0541 e. The van der Waals surface area contributed by atoms with Gasteiger partial charge in [0, 0.05) is 18.8 Å². The van der Waals surface area contributed by atoms with Gasteiger partial charge in [-0.05, 0) is 37.3 Å². The van der Waals surface area contributed by atoms with Crippen molar-refractivity contribution in [2.75, 3.05) is 0 Å². The minimum absolute atomic E-state index is 0.720. The van der Waals surface area contributed by atoms with Gasteiger partial charge in [0.2, 0.25) is 0 Å². The Balaban J connectivity index is 1.83. The molecule has 1 N–H and O–H groups in total. The monoisotopic (exact) mass is 190 g/mol. The molecule has 2 nitrogen and oxygen atoms in total. The van der Waals surface area contributed by atoms with Crippen LogP contribution in [0.4, 0.5) is 0 Å². The van der Waals surface area contributed by atoms with Crippen LogP contribution < -0.4 is 5.32 Å². The van der Waals surface area contributed by atoms with Crippen molar-refractivity contribution in [3.63, 3.8) is 0 Å². The van der Waals surface area contributed by atoms with Gasteiger partial charge in [-0.15, -0.1) is 0 Å². The van der Waals surface area contributed by atoms with Crippen LogP contribution in [0.2, 0.25) is 0 Å². The second-order valence-corrected chi connectivity index (χ2v) is 4.37. The maximum absolute atomic E-state index is 4.37. The Labute approximate surface area is 85.7 Å². The van der Waals surface area contributed by atoms with E-state index >= 15 is 0 Å². The van der Waals surface area contributed by atoms with E-state index in [-0.39, 0.29) is 0 Å². The number of aromatic nitrogens is 1. The van der Waals surface area contributed by atoms with E-state index in [1.54, 1.807) is 0 Å². The molecule has 2 unspecified atom stereocenters. The Morgan fingerprint density at radius 2 is 2.29 bits per heavy atom. The van der Waals surface area contributed by atoms with E-state index in [4.69, 9.17) is 0 Å². The highest BCUT2D eigenvalue weighted by molar-refractivity contribution is 5.12. The zero-order valence-corrected chi connectivity index (χ0v) is 8.96. The largest absolute Gasteiger partial charge is 0.308 e. The first-order chi connectivity index (χ1) is 6.75. The van der Waals surface area contributed by atoms with E-state index in [9.17, 15) is 0 Å². The molecule has 0 aromatic carbocycles. The maximum atomic E-state index is 4.37. The number of hydrogen-bond donors (Lipinski definition) is 1. The van der Waals surface area contributed by atoms with E-state index in [0.717, 1.165) is 24.2 Å². The highest BCUT2D eigenvalue weighted by atomic mass is 14.9. The third kappa shape index (κ3) is 2.13. The molecular weight excluding hydrogens is 172 g/mol. The second-order valence-electron chi connectivity index (χ2n) is 4.37. The molecule has 0 saturated heterocycles. The molecule has 14 heavy (non-hydrogen) atoms. The van der Waals surface area contributed by atoms with Crippen LogP contribution >= 0.6 is 0 Å². The lowest BCUT2D eigenvalue weighted by Crippen LogP contribution is -2.42. The summed E-state index contributed by atoms with van der Waals surface area (Å²) >= 11 is 0. The fourth-order valence-corrected chi connectivity index (χ4v) is 1.81. The molecule has 0 spiro atoms. The SMILES string of the molecule is Cc1ccc(CNC2CCC2C)nc1. The van der Waals surface area contributed by atoms with Crippen LogP contribution in [0.15, 0.2) is 18.3 Å². The zero-order valence-electron chi connectivity index (χ0n) is 8.96. The van der Waals surface area contributed by atoms with Crippen LogP contribution in [0.1, 0.15) is 31.0 Å². The van der Waals surface area contributed by atoms with Crippen molar-refractivity contribution >= 4 is 0 Å². The van der Waals surface area contributed by atoms with Gasteiger partial charge in [-0.25, -0.2) is 0 Å². The molecule has 0 amide bonds. The summed E-state index contributed by atoms with van der Waals surface area (Å²) in [6.07, 6.45) is 4.63. The highest BCUT2D eigenvalue weighted by Gasteiger charge is 2.25. The number of rotatable bonds is 3. The van der Waals surface area contributed by atoms with Crippen LogP contribution in [0.5, 0.6) is 0 Å². The van der Waals surface area contributed by atoms with Gasteiger partial charge in [0.1, 0.15) is 0 Å². The fraction of sp³-hybridized carbons (Fsp3) is 0.583. The number of nitrogens with one attached hydrogen (secondary N) is 1. The Morgan fingerprint density at radius 3 is 2.79 bits per heavy atom. The van der Waals surface area contributed by atoms with E-state index in [1.807, 2.05) is 6.20 Å². The molecule has 0 bridgehead atoms. The molecule has 1 saturated carbocycles. The quantitative estimate of drug-likeness (QED) is 0.791. The Morgan fingerprint density at radius 1 is 1.43 bits per heavy atom. The van der Waals surface area contributed by atoms with Gasteiger partial charge in [0.15, 0.2) is 0 Å².